The summed E-state index contributed by atoms with van der Waals surface area (Å²) in [6, 6.07) is 7.94. The molecule has 0 saturated carbocycles. The van der Waals surface area contributed by atoms with Crippen molar-refractivity contribution in [1.29, 1.82) is 0 Å². The van der Waals surface area contributed by atoms with Crippen LogP contribution in [0.25, 0.3) is 0 Å². The van der Waals surface area contributed by atoms with Gasteiger partial charge in [0.2, 0.25) is 5.60 Å². The van der Waals surface area contributed by atoms with E-state index >= 15 is 0 Å². The lowest BCUT2D eigenvalue weighted by Crippen LogP contribution is -2.58. The molecule has 0 radical (unpaired) electrons. The van der Waals surface area contributed by atoms with E-state index in [9.17, 15) is 29.2 Å². The Kier molecular flexibility index (Phi) is 10.9. The van der Waals surface area contributed by atoms with Gasteiger partial charge in [0.05, 0.1) is 6.61 Å². The van der Waals surface area contributed by atoms with E-state index < -0.39 is 61.1 Å². The van der Waals surface area contributed by atoms with Gasteiger partial charge in [-0.2, -0.15) is 5.09 Å². The zero-order valence-electron chi connectivity index (χ0n) is 24.0. The summed E-state index contributed by atoms with van der Waals surface area (Å²) in [6.45, 7) is 5.99. The number of carbonyl (C=O) groups is 1. The number of ether oxygens (including phenoxy) is 2. The molecule has 4 N–H and O–H groups in total. The van der Waals surface area contributed by atoms with Crippen molar-refractivity contribution in [2.24, 2.45) is 0 Å². The van der Waals surface area contributed by atoms with Crippen molar-refractivity contribution in [2.75, 3.05) is 6.61 Å². The number of hydrogen-bond acceptors (Lipinski definition) is 10. The van der Waals surface area contributed by atoms with Crippen LogP contribution in [0.2, 0.25) is 0 Å². The molecular weight excluding hydrogens is 569 g/mol. The molecule has 14 heteroatoms. The molecule has 1 unspecified atom stereocenters. The van der Waals surface area contributed by atoms with Gasteiger partial charge in [0.1, 0.15) is 30.1 Å². The highest BCUT2D eigenvalue weighted by Crippen LogP contribution is 2.48. The van der Waals surface area contributed by atoms with E-state index in [1.54, 1.807) is 18.2 Å². The summed E-state index contributed by atoms with van der Waals surface area (Å²) in [5, 5.41) is 24.8. The van der Waals surface area contributed by atoms with Crippen LogP contribution >= 0.6 is 7.75 Å². The Hall–Kier alpha value is -3.24. The molecule has 42 heavy (non-hydrogen) atoms. The van der Waals surface area contributed by atoms with Crippen molar-refractivity contribution in [3.05, 3.63) is 63.4 Å². The van der Waals surface area contributed by atoms with Crippen LogP contribution in [0.5, 0.6) is 5.75 Å². The number of H-pyrrole nitrogens is 1. The summed E-state index contributed by atoms with van der Waals surface area (Å²) in [4.78, 5) is 39.0. The number of para-hydroxylation sites is 1. The molecular formula is C28H38N3O10P. The summed E-state index contributed by atoms with van der Waals surface area (Å²) in [5.41, 5.74) is -6.20. The van der Waals surface area contributed by atoms with Gasteiger partial charge in [-0.1, -0.05) is 50.8 Å². The van der Waals surface area contributed by atoms with Crippen molar-refractivity contribution in [3.8, 4) is 18.1 Å². The third-order valence-corrected chi connectivity index (χ3v) is 8.60. The lowest BCUT2D eigenvalue weighted by molar-refractivity contribution is -0.161. The average molecular weight is 608 g/mol. The normalized spacial score (nSPS) is 25.9. The molecule has 1 aromatic carbocycles. The number of aromatic nitrogens is 2. The van der Waals surface area contributed by atoms with E-state index in [-0.39, 0.29) is 11.9 Å². The Morgan fingerprint density at radius 3 is 2.45 bits per heavy atom. The largest absolute Gasteiger partial charge is 0.461 e. The predicted octanol–water partition coefficient (Wildman–Crippen LogP) is 2.03. The van der Waals surface area contributed by atoms with Crippen LogP contribution in [-0.4, -0.2) is 62.3 Å². The summed E-state index contributed by atoms with van der Waals surface area (Å²) < 4.78 is 37.5. The second-order valence-electron chi connectivity index (χ2n) is 10.2. The van der Waals surface area contributed by atoms with Gasteiger partial charge in [0, 0.05) is 12.3 Å². The van der Waals surface area contributed by atoms with Crippen molar-refractivity contribution < 1.29 is 38.1 Å². The van der Waals surface area contributed by atoms with Crippen LogP contribution in [0.3, 0.4) is 0 Å². The van der Waals surface area contributed by atoms with Gasteiger partial charge in [-0.05, 0) is 38.8 Å². The molecule has 0 amide bonds. The first-order chi connectivity index (χ1) is 19.8. The van der Waals surface area contributed by atoms with E-state index in [0.717, 1.165) is 29.7 Å². The molecule has 2 aromatic rings. The number of carbonyl (C=O) groups excluding carboxylic acids is 1. The highest BCUT2D eigenvalue weighted by atomic mass is 31.2. The SMILES string of the molecule is C#C[C@@]1(O)[C@H](O)[C@@H](COP(=O)(N[C@@H](C)C(=O)OC(CCC)CCC)Oc2ccccc2)O[C@@]1(C)n1ccc(=O)[nH]c1=O. The maximum absolute atomic E-state index is 14.0. The molecule has 1 saturated heterocycles. The lowest BCUT2D eigenvalue weighted by atomic mass is 9.87. The first kappa shape index (κ1) is 33.3. The number of terminal acetylenes is 1. The standard InChI is InChI=1S/C28H38N3O10P/c1-6-12-20(13-7-2)39-25(34)19(4)30-42(37,41-21-14-10-9-11-15-21)38-18-22-24(33)28(36,8-3)27(5,40-22)31-17-16-23(32)29-26(31)35/h3,9-11,14-17,19-20,22,24,33,36H,6-7,12-13,18H2,1-2,4-5H3,(H,30,37)(H,29,32,35)/t19-,22+,24+,27+,28+,42?/m0/s1. The molecule has 6 atom stereocenters. The average Bonchev–Trinajstić information content (AvgIpc) is 3.14. The Morgan fingerprint density at radius 2 is 1.88 bits per heavy atom. The molecule has 230 valence electrons. The molecule has 1 aliphatic rings. The molecule has 3 rings (SSSR count). The number of esters is 1. The first-order valence-corrected chi connectivity index (χ1v) is 15.2. The number of aliphatic hydroxyl groups excluding tert-OH is 1. The molecule has 1 aromatic heterocycles. The molecule has 0 bridgehead atoms. The van der Waals surface area contributed by atoms with E-state index in [2.05, 4.69) is 11.0 Å². The topological polar surface area (TPSA) is 178 Å². The zero-order chi connectivity index (χ0) is 31.1. The number of benzene rings is 1. The van der Waals surface area contributed by atoms with Gasteiger partial charge in [-0.25, -0.2) is 9.36 Å². The quantitative estimate of drug-likeness (QED) is 0.140. The van der Waals surface area contributed by atoms with Crippen molar-refractivity contribution in [3.63, 3.8) is 0 Å². The highest BCUT2D eigenvalue weighted by Gasteiger charge is 2.64. The van der Waals surface area contributed by atoms with Gasteiger partial charge in [-0.15, -0.1) is 6.42 Å². The fourth-order valence-electron chi connectivity index (χ4n) is 4.67. The van der Waals surface area contributed by atoms with E-state index in [4.69, 9.17) is 24.9 Å². The van der Waals surface area contributed by atoms with Crippen molar-refractivity contribution >= 4 is 13.7 Å². The number of nitrogens with zero attached hydrogens (tertiary/aromatic N) is 1. The minimum absolute atomic E-state index is 0.154. The van der Waals surface area contributed by atoms with Crippen LogP contribution in [0.1, 0.15) is 53.4 Å². The fraction of sp³-hybridized carbons (Fsp3) is 0.536. The van der Waals surface area contributed by atoms with E-state index in [0.29, 0.717) is 12.8 Å². The third kappa shape index (κ3) is 7.21. The highest BCUT2D eigenvalue weighted by molar-refractivity contribution is 7.52. The second kappa shape index (κ2) is 13.8. The van der Waals surface area contributed by atoms with Crippen LogP contribution in [-0.2, 0) is 29.1 Å². The minimum Gasteiger partial charge on any atom is -0.461 e. The van der Waals surface area contributed by atoms with E-state index in [1.807, 2.05) is 18.8 Å². The van der Waals surface area contributed by atoms with E-state index in [1.165, 1.54) is 26.0 Å². The fourth-order valence-corrected chi connectivity index (χ4v) is 6.18. The molecule has 2 heterocycles. The Labute approximate surface area is 243 Å². The molecule has 13 nitrogen and oxygen atoms in total. The van der Waals surface area contributed by atoms with Gasteiger partial charge < -0.3 is 24.2 Å². The monoisotopic (exact) mass is 607 g/mol. The van der Waals surface area contributed by atoms with Crippen LogP contribution < -0.4 is 20.9 Å². The van der Waals surface area contributed by atoms with Crippen LogP contribution in [0.4, 0.5) is 0 Å². The van der Waals surface area contributed by atoms with Crippen LogP contribution in [0.15, 0.2) is 52.2 Å². The minimum atomic E-state index is -4.38. The second-order valence-corrected chi connectivity index (χ2v) is 11.9. The number of rotatable bonds is 14. The maximum atomic E-state index is 14.0. The maximum Gasteiger partial charge on any atom is 0.459 e. The number of nitrogens with one attached hydrogen (secondary N) is 2. The molecule has 0 spiro atoms. The predicted molar refractivity (Wildman–Crippen MR) is 153 cm³/mol. The molecule has 1 fully saturated rings. The Bertz CT molecular complexity index is 1420. The summed E-state index contributed by atoms with van der Waals surface area (Å²) in [6.07, 6.45) is 6.02. The Morgan fingerprint density at radius 1 is 1.24 bits per heavy atom. The summed E-state index contributed by atoms with van der Waals surface area (Å²) in [7, 11) is -4.38. The van der Waals surface area contributed by atoms with Crippen molar-refractivity contribution in [2.45, 2.75) is 89.1 Å². The summed E-state index contributed by atoms with van der Waals surface area (Å²) in [5.74, 6) is 1.56. The lowest BCUT2D eigenvalue weighted by Gasteiger charge is -2.36. The number of hydrogen-bond donors (Lipinski definition) is 4. The molecule has 1 aliphatic heterocycles. The smallest absolute Gasteiger partial charge is 0.459 e. The molecule has 0 aliphatic carbocycles. The first-order valence-electron chi connectivity index (χ1n) is 13.7. The van der Waals surface area contributed by atoms with Gasteiger partial charge in [0.25, 0.3) is 5.56 Å². The third-order valence-electron chi connectivity index (χ3n) is 6.96. The van der Waals surface area contributed by atoms with Gasteiger partial charge in [0.15, 0.2) is 5.72 Å². The summed E-state index contributed by atoms with van der Waals surface area (Å²) >= 11 is 0. The zero-order valence-corrected chi connectivity index (χ0v) is 24.9. The number of aliphatic hydroxyl groups is 2. The van der Waals surface area contributed by atoms with Crippen molar-refractivity contribution in [1.82, 2.24) is 14.6 Å². The van der Waals surface area contributed by atoms with Gasteiger partial charge in [-0.3, -0.25) is 23.7 Å². The number of aromatic amines is 1. The van der Waals surface area contributed by atoms with Gasteiger partial charge >= 0.3 is 19.4 Å². The Balaban J connectivity index is 1.85. The van der Waals surface area contributed by atoms with Crippen LogP contribution in [0, 0.1) is 12.3 Å².